The van der Waals surface area contributed by atoms with E-state index in [0.717, 1.165) is 16.6 Å². The Morgan fingerprint density at radius 2 is 1.56 bits per heavy atom. The van der Waals surface area contributed by atoms with Gasteiger partial charge in [-0.15, -0.1) is 0 Å². The average Bonchev–Trinajstić information content (AvgIpc) is 3.19. The van der Waals surface area contributed by atoms with E-state index in [1.165, 1.54) is 0 Å². The Hall–Kier alpha value is -2.35. The maximum absolute atomic E-state index is 13.1. The van der Waals surface area contributed by atoms with Crippen LogP contribution in [0.15, 0.2) is 54.6 Å². The van der Waals surface area contributed by atoms with Gasteiger partial charge in [-0.1, -0.05) is 54.6 Å². The quantitative estimate of drug-likeness (QED) is 0.634. The van der Waals surface area contributed by atoms with E-state index in [-0.39, 0.29) is 12.1 Å². The van der Waals surface area contributed by atoms with Crippen molar-refractivity contribution in [1.29, 1.82) is 0 Å². The molecule has 4 rings (SSSR count). The number of ether oxygens (including phenoxy) is 1. The van der Waals surface area contributed by atoms with Gasteiger partial charge in [0.25, 0.3) is 0 Å². The maximum Gasteiger partial charge on any atom is 0.494 e. The van der Waals surface area contributed by atoms with Crippen LogP contribution in [-0.4, -0.2) is 46.6 Å². The number of aliphatic hydroxyl groups is 1. The monoisotopic (exact) mass is 465 g/mol. The Morgan fingerprint density at radius 3 is 2.09 bits per heavy atom. The highest BCUT2D eigenvalue weighted by Crippen LogP contribution is 2.42. The molecule has 0 saturated carbocycles. The van der Waals surface area contributed by atoms with Gasteiger partial charge in [0.05, 0.1) is 29.4 Å². The zero-order chi connectivity index (χ0) is 24.9. The predicted molar refractivity (Wildman–Crippen MR) is 133 cm³/mol. The van der Waals surface area contributed by atoms with Crippen LogP contribution in [0.4, 0.5) is 4.79 Å². The normalized spacial score (nSPS) is 24.9. The number of carbonyl (C=O) groups excluding carboxylic acids is 1. The summed E-state index contributed by atoms with van der Waals surface area (Å²) in [6, 6.07) is 17.5. The Kier molecular flexibility index (Phi) is 6.12. The van der Waals surface area contributed by atoms with E-state index in [0.29, 0.717) is 13.0 Å². The molecular weight excluding hydrogens is 429 g/mol. The molecule has 0 aliphatic carbocycles. The highest BCUT2D eigenvalue weighted by atomic mass is 16.7. The molecule has 2 heterocycles. The van der Waals surface area contributed by atoms with Crippen LogP contribution in [-0.2, 0) is 19.6 Å². The van der Waals surface area contributed by atoms with Gasteiger partial charge in [-0.2, -0.15) is 0 Å². The van der Waals surface area contributed by atoms with Gasteiger partial charge in [-0.3, -0.25) is 4.90 Å². The fourth-order valence-electron chi connectivity index (χ4n) is 4.77. The van der Waals surface area contributed by atoms with Crippen LogP contribution in [0.5, 0.6) is 0 Å². The molecule has 2 fully saturated rings. The van der Waals surface area contributed by atoms with E-state index in [1.807, 2.05) is 89.2 Å². The lowest BCUT2D eigenvalue weighted by atomic mass is 9.78. The minimum absolute atomic E-state index is 0.202. The molecule has 0 aromatic heterocycles. The Morgan fingerprint density at radius 1 is 1.00 bits per heavy atom. The molecule has 1 unspecified atom stereocenters. The Balaban J connectivity index is 1.55. The number of hydrogen-bond donors (Lipinski definition) is 1. The van der Waals surface area contributed by atoms with Crippen LogP contribution >= 0.6 is 0 Å². The van der Waals surface area contributed by atoms with Crippen molar-refractivity contribution in [2.75, 3.05) is 6.54 Å². The lowest BCUT2D eigenvalue weighted by molar-refractivity contribution is -0.0328. The van der Waals surface area contributed by atoms with Crippen molar-refractivity contribution < 1.29 is 23.9 Å². The second-order valence-electron chi connectivity index (χ2n) is 11.3. The highest BCUT2D eigenvalue weighted by Gasteiger charge is 2.52. The first kappa shape index (κ1) is 24.8. The summed E-state index contributed by atoms with van der Waals surface area (Å²) in [5, 5.41) is 10.6. The molecule has 2 aliphatic rings. The van der Waals surface area contributed by atoms with E-state index >= 15 is 0 Å². The fraction of sp³-hybridized carbons (Fsp3) is 0.519. The first-order valence-electron chi connectivity index (χ1n) is 12.0. The summed E-state index contributed by atoms with van der Waals surface area (Å²) >= 11 is 0. The summed E-state index contributed by atoms with van der Waals surface area (Å²) < 4.78 is 18.3. The van der Waals surface area contributed by atoms with Crippen molar-refractivity contribution in [2.45, 2.75) is 83.3 Å². The van der Waals surface area contributed by atoms with Crippen LogP contribution < -0.4 is 5.46 Å². The summed E-state index contributed by atoms with van der Waals surface area (Å²) in [4.78, 5) is 14.8. The summed E-state index contributed by atoms with van der Waals surface area (Å²) in [5.74, 6) is 0. The molecule has 0 bridgehead atoms. The van der Waals surface area contributed by atoms with Gasteiger partial charge in [0.2, 0.25) is 0 Å². The van der Waals surface area contributed by atoms with Gasteiger partial charge in [0.1, 0.15) is 0 Å². The third-order valence-corrected chi connectivity index (χ3v) is 7.37. The molecule has 1 amide bonds. The third-order valence-electron chi connectivity index (χ3n) is 7.37. The Labute approximate surface area is 203 Å². The molecule has 2 atom stereocenters. The number of rotatable bonds is 6. The first-order valence-corrected chi connectivity index (χ1v) is 12.0. The molecule has 2 aromatic rings. The van der Waals surface area contributed by atoms with Crippen LogP contribution in [0, 0.1) is 0 Å². The number of benzene rings is 2. The molecule has 182 valence electrons. The van der Waals surface area contributed by atoms with Crippen LogP contribution in [0.3, 0.4) is 0 Å². The molecule has 1 N–H and O–H groups in total. The number of amides is 1. The van der Waals surface area contributed by atoms with Gasteiger partial charge in [-0.05, 0) is 65.1 Å². The van der Waals surface area contributed by atoms with Crippen molar-refractivity contribution in [3.63, 3.8) is 0 Å². The topological polar surface area (TPSA) is 68.2 Å². The van der Waals surface area contributed by atoms with Crippen molar-refractivity contribution in [3.8, 4) is 0 Å². The second kappa shape index (κ2) is 8.40. The number of nitrogens with zero attached hydrogens (tertiary/aromatic N) is 1. The largest absolute Gasteiger partial charge is 0.494 e. The summed E-state index contributed by atoms with van der Waals surface area (Å²) in [7, 11) is -0.427. The van der Waals surface area contributed by atoms with Crippen LogP contribution in [0.1, 0.15) is 72.1 Å². The number of carbonyl (C=O) groups is 1. The molecular formula is C27H36BNO5. The lowest BCUT2D eigenvalue weighted by Crippen LogP contribution is -2.41. The predicted octanol–water partition coefficient (Wildman–Crippen LogP) is 4.56. The van der Waals surface area contributed by atoms with E-state index in [4.69, 9.17) is 14.0 Å². The zero-order valence-electron chi connectivity index (χ0n) is 21.3. The lowest BCUT2D eigenvalue weighted by Gasteiger charge is -2.33. The summed E-state index contributed by atoms with van der Waals surface area (Å²) in [6.45, 7) is 14.0. The molecule has 34 heavy (non-hydrogen) atoms. The van der Waals surface area contributed by atoms with Gasteiger partial charge in [0.15, 0.2) is 5.60 Å². The standard InChI is InChI=1S/C27H36BNO5/c1-19(20-13-15-22(16-14-20)28-33-25(4,5)26(6,7)34-28)29-18-27(32-23(29)30,17-24(2,3)31)21-11-9-8-10-12-21/h8-16,19,31H,17-18H2,1-7H3/t19-,27?/m0/s1. The number of hydrogen-bond acceptors (Lipinski definition) is 5. The van der Waals surface area contributed by atoms with Gasteiger partial charge >= 0.3 is 13.2 Å². The summed E-state index contributed by atoms with van der Waals surface area (Å²) in [5.41, 5.74) is 0.113. The molecule has 2 aromatic carbocycles. The Bertz CT molecular complexity index is 1020. The van der Waals surface area contributed by atoms with Crippen LogP contribution in [0.2, 0.25) is 0 Å². The fourth-order valence-corrected chi connectivity index (χ4v) is 4.77. The van der Waals surface area contributed by atoms with E-state index in [1.54, 1.807) is 18.7 Å². The molecule has 0 spiro atoms. The van der Waals surface area contributed by atoms with Gasteiger partial charge in [0, 0.05) is 6.42 Å². The van der Waals surface area contributed by atoms with Gasteiger partial charge < -0.3 is 19.2 Å². The third kappa shape index (κ3) is 4.61. The molecule has 2 saturated heterocycles. The van der Waals surface area contributed by atoms with E-state index < -0.39 is 29.5 Å². The second-order valence-corrected chi connectivity index (χ2v) is 11.3. The van der Waals surface area contributed by atoms with Crippen LogP contribution in [0.25, 0.3) is 0 Å². The van der Waals surface area contributed by atoms with Crippen molar-refractivity contribution in [3.05, 3.63) is 65.7 Å². The minimum Gasteiger partial charge on any atom is -0.436 e. The van der Waals surface area contributed by atoms with Gasteiger partial charge in [-0.25, -0.2) is 4.79 Å². The SMILES string of the molecule is C[C@@H](c1ccc(B2OC(C)(C)C(C)(C)O2)cc1)N1CC(CC(C)(C)O)(c2ccccc2)OC1=O. The first-order chi connectivity index (χ1) is 15.7. The maximum atomic E-state index is 13.1. The van der Waals surface area contributed by atoms with Crippen molar-refractivity contribution >= 4 is 18.7 Å². The highest BCUT2D eigenvalue weighted by molar-refractivity contribution is 6.62. The zero-order valence-corrected chi connectivity index (χ0v) is 21.3. The van der Waals surface area contributed by atoms with E-state index in [9.17, 15) is 9.90 Å². The average molecular weight is 465 g/mol. The molecule has 2 aliphatic heterocycles. The molecule has 0 radical (unpaired) electrons. The molecule has 7 heteroatoms. The summed E-state index contributed by atoms with van der Waals surface area (Å²) in [6.07, 6.45) is -0.0736. The minimum atomic E-state index is -1.00. The van der Waals surface area contributed by atoms with Crippen molar-refractivity contribution in [2.24, 2.45) is 0 Å². The molecule has 6 nitrogen and oxygen atoms in total. The smallest absolute Gasteiger partial charge is 0.436 e. The van der Waals surface area contributed by atoms with Crippen molar-refractivity contribution in [1.82, 2.24) is 4.90 Å². The number of cyclic esters (lactones) is 1. The van der Waals surface area contributed by atoms with E-state index in [2.05, 4.69) is 0 Å².